The molecule has 1 aromatic rings. The minimum absolute atomic E-state index is 0.313. The number of hydrogen-bond donors (Lipinski definition) is 0. The van der Waals surface area contributed by atoms with Crippen LogP contribution in [-0.2, 0) is 0 Å². The summed E-state index contributed by atoms with van der Waals surface area (Å²) in [6, 6.07) is 8.85. The molecule has 0 amide bonds. The van der Waals surface area contributed by atoms with Crippen molar-refractivity contribution in [2.75, 3.05) is 4.43 Å². The average Bonchev–Trinajstić information content (AvgIpc) is 1.88. The van der Waals surface area contributed by atoms with Gasteiger partial charge in [0.25, 0.3) is 0 Å². The molecule has 0 unspecified atom stereocenters. The van der Waals surface area contributed by atoms with Crippen LogP contribution in [0, 0.1) is 10.5 Å². The van der Waals surface area contributed by atoms with Gasteiger partial charge in [0.05, 0.1) is 0 Å². The second-order valence-corrected chi connectivity index (χ2v) is 5.73. The summed E-state index contributed by atoms with van der Waals surface area (Å²) in [5.41, 5.74) is 1.39. The fourth-order valence-electron chi connectivity index (χ4n) is 0.843. The first-order chi connectivity index (χ1) is 4.83. The van der Waals surface area contributed by atoms with E-state index in [2.05, 4.69) is 38.1 Å². The van der Waals surface area contributed by atoms with Gasteiger partial charge in [-0.2, -0.15) is 0 Å². The zero-order valence-electron chi connectivity index (χ0n) is 6.39. The molecule has 0 radical (unpaired) electrons. The second-order valence-electron chi connectivity index (χ2n) is 2.20. The molecular weight excluding hydrogens is 235 g/mol. The fourth-order valence-corrected chi connectivity index (χ4v) is 2.90. The van der Waals surface area contributed by atoms with Crippen LogP contribution in [-0.4, -0.2) is 4.43 Å². The summed E-state index contributed by atoms with van der Waals surface area (Å²) in [7, 11) is 0. The quantitative estimate of drug-likeness (QED) is 0.477. The topological polar surface area (TPSA) is 0 Å². The van der Waals surface area contributed by atoms with Crippen LogP contribution in [0.1, 0.15) is 12.5 Å². The van der Waals surface area contributed by atoms with Crippen molar-refractivity contribution in [1.29, 1.82) is 0 Å². The second kappa shape index (κ2) is 3.96. The summed E-state index contributed by atoms with van der Waals surface area (Å²) in [4.78, 5) is 0. The van der Waals surface area contributed by atoms with Gasteiger partial charge in [-0.25, -0.2) is 0 Å². The molecule has 1 rings (SSSR count). The molecule has 0 aliphatic heterocycles. The summed E-state index contributed by atoms with van der Waals surface area (Å²) in [5, 5.41) is 0. The minimum atomic E-state index is 0.313. The monoisotopic (exact) mass is 247 g/mol. The first kappa shape index (κ1) is 8.05. The van der Waals surface area contributed by atoms with Gasteiger partial charge < -0.3 is 0 Å². The van der Waals surface area contributed by atoms with Crippen LogP contribution >= 0.6 is 0 Å². The first-order valence-electron chi connectivity index (χ1n) is 3.48. The zero-order valence-corrected chi connectivity index (χ0v) is 8.55. The van der Waals surface area contributed by atoms with Gasteiger partial charge >= 0.3 is 72.9 Å². The molecule has 0 aliphatic rings. The Bertz CT molecular complexity index is 206. The predicted octanol–water partition coefficient (Wildman–Crippen LogP) is -0.726. The molecule has 0 atom stereocenters. The standard InChI is InChI=1S/C9H12I/c1-3-10-9-6-4-5-8(2)7-9/h4-7H,3H2,1-2H3/q-1. The van der Waals surface area contributed by atoms with Crippen molar-refractivity contribution in [3.8, 4) is 0 Å². The van der Waals surface area contributed by atoms with E-state index in [0.717, 1.165) is 0 Å². The molecular formula is C9H12I-. The third-order valence-corrected chi connectivity index (χ3v) is 3.58. The van der Waals surface area contributed by atoms with Crippen molar-refractivity contribution in [2.24, 2.45) is 0 Å². The van der Waals surface area contributed by atoms with Crippen molar-refractivity contribution in [3.63, 3.8) is 0 Å². The van der Waals surface area contributed by atoms with Crippen LogP contribution < -0.4 is 21.2 Å². The van der Waals surface area contributed by atoms with Gasteiger partial charge in [0.2, 0.25) is 0 Å². The molecule has 0 N–H and O–H groups in total. The van der Waals surface area contributed by atoms with Gasteiger partial charge in [0.15, 0.2) is 0 Å². The molecule has 10 heavy (non-hydrogen) atoms. The number of rotatable bonds is 2. The molecule has 0 saturated carbocycles. The van der Waals surface area contributed by atoms with Crippen molar-refractivity contribution in [2.45, 2.75) is 13.8 Å². The van der Waals surface area contributed by atoms with E-state index in [1.165, 1.54) is 9.99 Å². The van der Waals surface area contributed by atoms with E-state index in [1.54, 1.807) is 3.57 Å². The molecule has 0 bridgehead atoms. The zero-order chi connectivity index (χ0) is 7.40. The van der Waals surface area contributed by atoms with Gasteiger partial charge in [0, 0.05) is 0 Å². The molecule has 0 saturated heterocycles. The number of aryl methyl sites for hydroxylation is 1. The maximum absolute atomic E-state index is 2.30. The molecule has 0 spiro atoms. The Balaban J connectivity index is 2.75. The third kappa shape index (κ3) is 2.29. The Morgan fingerprint density at radius 1 is 1.40 bits per heavy atom. The van der Waals surface area contributed by atoms with Crippen LogP contribution in [0.5, 0.6) is 0 Å². The van der Waals surface area contributed by atoms with E-state index in [4.69, 9.17) is 0 Å². The predicted molar refractivity (Wildman–Crippen MR) is 40.4 cm³/mol. The molecule has 0 aliphatic carbocycles. The van der Waals surface area contributed by atoms with E-state index in [0.29, 0.717) is 21.2 Å². The van der Waals surface area contributed by atoms with Crippen LogP contribution in [0.25, 0.3) is 0 Å². The Hall–Kier alpha value is -0.0500. The van der Waals surface area contributed by atoms with E-state index in [1.807, 2.05) is 0 Å². The number of halogens is 1. The maximum atomic E-state index is 2.30. The van der Waals surface area contributed by atoms with Crippen LogP contribution in [0.3, 0.4) is 0 Å². The summed E-state index contributed by atoms with van der Waals surface area (Å²) < 4.78 is 2.92. The fraction of sp³-hybridized carbons (Fsp3) is 0.333. The number of hydrogen-bond acceptors (Lipinski definition) is 0. The van der Waals surface area contributed by atoms with Gasteiger partial charge in [0.1, 0.15) is 0 Å². The van der Waals surface area contributed by atoms with Crippen molar-refractivity contribution in [3.05, 3.63) is 33.4 Å². The summed E-state index contributed by atoms with van der Waals surface area (Å²) in [5.74, 6) is 0. The van der Waals surface area contributed by atoms with Gasteiger partial charge in [-0.3, -0.25) is 0 Å². The van der Waals surface area contributed by atoms with E-state index in [-0.39, 0.29) is 0 Å². The summed E-state index contributed by atoms with van der Waals surface area (Å²) >= 11 is 0.313. The van der Waals surface area contributed by atoms with Crippen LogP contribution in [0.15, 0.2) is 24.3 Å². The average molecular weight is 247 g/mol. The molecule has 0 heterocycles. The third-order valence-electron chi connectivity index (χ3n) is 1.27. The molecule has 0 fully saturated rings. The molecule has 1 heteroatoms. The van der Waals surface area contributed by atoms with Crippen LogP contribution in [0.4, 0.5) is 0 Å². The first-order valence-corrected chi connectivity index (χ1v) is 6.09. The summed E-state index contributed by atoms with van der Waals surface area (Å²) in [6.07, 6.45) is 0. The Morgan fingerprint density at radius 2 is 2.20 bits per heavy atom. The van der Waals surface area contributed by atoms with Crippen molar-refractivity contribution < 1.29 is 21.2 Å². The van der Waals surface area contributed by atoms with E-state index >= 15 is 0 Å². The van der Waals surface area contributed by atoms with E-state index < -0.39 is 0 Å². The van der Waals surface area contributed by atoms with Gasteiger partial charge in [-0.1, -0.05) is 0 Å². The molecule has 1 aromatic carbocycles. The molecule has 56 valence electrons. The van der Waals surface area contributed by atoms with E-state index in [9.17, 15) is 0 Å². The Kier molecular flexibility index (Phi) is 3.19. The van der Waals surface area contributed by atoms with Crippen LogP contribution in [0.2, 0.25) is 0 Å². The summed E-state index contributed by atoms with van der Waals surface area (Å²) in [6.45, 7) is 4.42. The Morgan fingerprint density at radius 3 is 2.80 bits per heavy atom. The van der Waals surface area contributed by atoms with Gasteiger partial charge in [-0.05, 0) is 0 Å². The van der Waals surface area contributed by atoms with Crippen molar-refractivity contribution in [1.82, 2.24) is 0 Å². The Labute approximate surface area is 72.9 Å². The molecule has 0 aromatic heterocycles. The number of benzene rings is 1. The SMILES string of the molecule is CC[I-]c1cccc(C)c1. The van der Waals surface area contributed by atoms with Crippen molar-refractivity contribution >= 4 is 0 Å². The number of alkyl halides is 1. The molecule has 0 nitrogen and oxygen atoms in total. The van der Waals surface area contributed by atoms with Gasteiger partial charge in [-0.15, -0.1) is 0 Å². The normalized spacial score (nSPS) is 10.2.